The number of rotatable bonds is 6. The number of aromatic nitrogens is 1. The molecule has 1 aromatic rings. The first-order valence-corrected chi connectivity index (χ1v) is 7.75. The van der Waals surface area contributed by atoms with E-state index in [1.807, 2.05) is 0 Å². The molecule has 6 nitrogen and oxygen atoms in total. The summed E-state index contributed by atoms with van der Waals surface area (Å²) in [5.41, 5.74) is -0.0181. The van der Waals surface area contributed by atoms with E-state index in [4.69, 9.17) is 4.74 Å². The fraction of sp³-hybridized carbons (Fsp3) is 0.400. The molecule has 1 saturated carbocycles. The lowest BCUT2D eigenvalue weighted by molar-refractivity contribution is -0.385. The largest absolute Gasteiger partial charge is 0.473 e. The highest BCUT2D eigenvalue weighted by Gasteiger charge is 2.45. The highest BCUT2D eigenvalue weighted by molar-refractivity contribution is 8.77. The average Bonchev–Trinajstić information content (AvgIpc) is 3.15. The maximum Gasteiger partial charge on any atom is 0.287 e. The molecule has 2 rings (SSSR count). The second kappa shape index (κ2) is 5.83. The van der Waals surface area contributed by atoms with E-state index in [0.717, 1.165) is 12.8 Å². The van der Waals surface area contributed by atoms with Gasteiger partial charge in [-0.2, -0.15) is 0 Å². The summed E-state index contributed by atoms with van der Waals surface area (Å²) in [6, 6.07) is 3.05. The van der Waals surface area contributed by atoms with Crippen molar-refractivity contribution in [2.45, 2.75) is 22.6 Å². The van der Waals surface area contributed by atoms with Gasteiger partial charge in [-0.15, -0.1) is 0 Å². The van der Waals surface area contributed by atoms with Gasteiger partial charge in [-0.3, -0.25) is 14.9 Å². The zero-order valence-corrected chi connectivity index (χ0v) is 11.8. The Hall–Kier alpha value is -1.22. The summed E-state index contributed by atoms with van der Waals surface area (Å²) >= 11 is 0. The van der Waals surface area contributed by atoms with E-state index in [-0.39, 0.29) is 16.3 Å². The first-order valence-electron chi connectivity index (χ1n) is 5.60. The van der Waals surface area contributed by atoms with Crippen LogP contribution in [0.1, 0.15) is 12.8 Å². The molecule has 0 amide bonds. The topological polar surface area (TPSA) is 82.3 Å². The Morgan fingerprint density at radius 1 is 1.58 bits per heavy atom. The molecule has 1 aliphatic carbocycles. The third kappa shape index (κ3) is 4.14. The number of carbonyl (C=O) groups excluding carboxylic acids is 1. The fourth-order valence-corrected chi connectivity index (χ4v) is 3.87. The molecule has 9 heteroatoms. The van der Waals surface area contributed by atoms with Crippen LogP contribution in [0.25, 0.3) is 0 Å². The molecule has 1 aromatic heterocycles. The predicted molar refractivity (Wildman–Crippen MR) is 76.2 cm³/mol. The number of ether oxygens (including phenoxy) is 1. The molecule has 100 valence electrons. The summed E-state index contributed by atoms with van der Waals surface area (Å²) in [6.07, 6.45) is 3.25. The summed E-state index contributed by atoms with van der Waals surface area (Å²) < 4.78 is 5.01. The number of hydrogen-bond acceptors (Lipinski definition) is 7. The molecule has 0 radical (unpaired) electrons. The van der Waals surface area contributed by atoms with Crippen molar-refractivity contribution >= 4 is 41.0 Å². The predicted octanol–water partition coefficient (Wildman–Crippen LogP) is 2.03. The van der Waals surface area contributed by atoms with Crippen molar-refractivity contribution < 1.29 is 14.5 Å². The van der Waals surface area contributed by atoms with E-state index in [0.29, 0.717) is 11.6 Å². The van der Waals surface area contributed by atoms with Gasteiger partial charge in [0.05, 0.1) is 9.67 Å². The Kier molecular flexibility index (Phi) is 4.36. The summed E-state index contributed by atoms with van der Waals surface area (Å²) in [6.45, 7) is 0.410. The zero-order valence-electron chi connectivity index (χ0n) is 10.2. The van der Waals surface area contributed by atoms with Crippen molar-refractivity contribution in [2.75, 3.05) is 6.61 Å². The van der Waals surface area contributed by atoms with E-state index in [2.05, 4.69) is 4.98 Å². The van der Waals surface area contributed by atoms with Crippen LogP contribution in [0.4, 0.5) is 10.5 Å². The van der Waals surface area contributed by atoms with Gasteiger partial charge in [0.25, 0.3) is 5.69 Å². The van der Waals surface area contributed by atoms with Gasteiger partial charge in [0.15, 0.2) is 0 Å². The van der Waals surface area contributed by atoms with Gasteiger partial charge in [-0.25, -0.2) is 4.98 Å². The van der Waals surface area contributed by atoms with Crippen LogP contribution >= 0.6 is 21.6 Å². The average molecular weight is 298 g/mol. The molecular weight excluding hydrogens is 287 g/mol. The molecule has 19 heavy (non-hydrogen) atoms. The molecule has 0 atom stereocenters. The number of nitrogens with zero attached hydrogens (tertiary/aromatic N) is 2. The number of pyridine rings is 1. The standard InChI is InChI=1S/C10H11BN2O4S2/c11-9(14)17-6-10(3-4-10)19-18-8-2-1-7(5-12-8)13(15)16/h1-2,5H,3-4,6,11H2. The molecule has 0 bridgehead atoms. The van der Waals surface area contributed by atoms with Gasteiger partial charge in [0.1, 0.15) is 17.8 Å². The molecule has 1 aliphatic rings. The third-order valence-electron chi connectivity index (χ3n) is 2.58. The van der Waals surface area contributed by atoms with Crippen LogP contribution in [0, 0.1) is 10.1 Å². The summed E-state index contributed by atoms with van der Waals surface area (Å²) in [4.78, 5) is 24.8. The monoisotopic (exact) mass is 298 g/mol. The Morgan fingerprint density at radius 2 is 2.32 bits per heavy atom. The first kappa shape index (κ1) is 14.2. The minimum absolute atomic E-state index is 0.0141. The molecule has 0 aromatic carbocycles. The normalized spacial score (nSPS) is 15.8. The highest BCUT2D eigenvalue weighted by Crippen LogP contribution is 2.55. The van der Waals surface area contributed by atoms with Gasteiger partial charge >= 0.3 is 0 Å². The third-order valence-corrected chi connectivity index (χ3v) is 5.78. The SMILES string of the molecule is BC(=O)OCC1(SSc2ccc([N+](=O)[O-])cn2)CC1. The van der Waals surface area contributed by atoms with E-state index in [1.165, 1.54) is 30.9 Å². The van der Waals surface area contributed by atoms with E-state index in [9.17, 15) is 14.9 Å². The van der Waals surface area contributed by atoms with Crippen LogP contribution in [-0.4, -0.2) is 35.0 Å². The molecule has 0 saturated heterocycles. The van der Waals surface area contributed by atoms with Crippen LogP contribution in [-0.2, 0) is 4.74 Å². The van der Waals surface area contributed by atoms with Crippen molar-refractivity contribution in [3.05, 3.63) is 28.4 Å². The second-order valence-electron chi connectivity index (χ2n) is 4.24. The zero-order chi connectivity index (χ0) is 13.9. The minimum Gasteiger partial charge on any atom is -0.473 e. The lowest BCUT2D eigenvalue weighted by Crippen LogP contribution is -2.15. The van der Waals surface area contributed by atoms with Gasteiger partial charge in [0, 0.05) is 6.07 Å². The molecule has 0 aliphatic heterocycles. The molecule has 0 unspecified atom stereocenters. The number of nitro groups is 1. The molecule has 1 fully saturated rings. The Balaban J connectivity index is 1.85. The van der Waals surface area contributed by atoms with Crippen molar-refractivity contribution in [3.63, 3.8) is 0 Å². The van der Waals surface area contributed by atoms with Crippen LogP contribution in [0.3, 0.4) is 0 Å². The minimum atomic E-state index is -0.475. The smallest absolute Gasteiger partial charge is 0.287 e. The molecule has 0 N–H and O–H groups in total. The first-order chi connectivity index (χ1) is 9.01. The van der Waals surface area contributed by atoms with Crippen LogP contribution in [0.5, 0.6) is 0 Å². The van der Waals surface area contributed by atoms with Crippen LogP contribution in [0.2, 0.25) is 0 Å². The van der Waals surface area contributed by atoms with Gasteiger partial charge in [-0.1, -0.05) is 10.8 Å². The van der Waals surface area contributed by atoms with Crippen molar-refractivity contribution in [2.24, 2.45) is 0 Å². The van der Waals surface area contributed by atoms with Crippen molar-refractivity contribution in [1.82, 2.24) is 4.98 Å². The Bertz CT molecular complexity index is 493. The van der Waals surface area contributed by atoms with E-state index < -0.39 is 4.92 Å². The number of hydrogen-bond donors (Lipinski definition) is 0. The quantitative estimate of drug-likeness (QED) is 0.344. The van der Waals surface area contributed by atoms with Gasteiger partial charge < -0.3 is 4.74 Å². The van der Waals surface area contributed by atoms with Crippen molar-refractivity contribution in [3.8, 4) is 0 Å². The van der Waals surface area contributed by atoms with E-state index in [1.54, 1.807) is 16.9 Å². The number of carbonyl (C=O) groups is 1. The van der Waals surface area contributed by atoms with Gasteiger partial charge in [0.2, 0.25) is 13.7 Å². The summed E-state index contributed by atoms with van der Waals surface area (Å²) in [5.74, 6) is -0.273. The van der Waals surface area contributed by atoms with Crippen LogP contribution < -0.4 is 0 Å². The maximum atomic E-state index is 10.8. The lowest BCUT2D eigenvalue weighted by Gasteiger charge is -2.13. The van der Waals surface area contributed by atoms with Crippen molar-refractivity contribution in [1.29, 1.82) is 0 Å². The van der Waals surface area contributed by atoms with E-state index >= 15 is 0 Å². The molecule has 0 spiro atoms. The summed E-state index contributed by atoms with van der Waals surface area (Å²) in [7, 11) is 4.45. The molecular formula is C10H11BN2O4S2. The Morgan fingerprint density at radius 3 is 2.79 bits per heavy atom. The molecule has 1 heterocycles. The van der Waals surface area contributed by atoms with Crippen LogP contribution in [0.15, 0.2) is 23.4 Å². The second-order valence-corrected chi connectivity index (χ2v) is 6.86. The fourth-order valence-electron chi connectivity index (χ4n) is 1.29. The summed E-state index contributed by atoms with van der Waals surface area (Å²) in [5, 5.41) is 11.2. The maximum absolute atomic E-state index is 10.8. The van der Waals surface area contributed by atoms with Gasteiger partial charge in [-0.05, 0) is 29.7 Å². The lowest BCUT2D eigenvalue weighted by atomic mass is 10.2. The Labute approximate surface area is 118 Å². The highest BCUT2D eigenvalue weighted by atomic mass is 33.1.